The van der Waals surface area contributed by atoms with Crippen molar-refractivity contribution >= 4 is 50.7 Å². The average molecular weight is 707 g/mol. The Morgan fingerprint density at radius 2 is 1.52 bits per heavy atom. The summed E-state index contributed by atoms with van der Waals surface area (Å²) in [5.41, 5.74) is 3.31. The van der Waals surface area contributed by atoms with Crippen molar-refractivity contribution in [3.05, 3.63) is 129 Å². The monoisotopic (exact) mass is 705 g/mol. The zero-order valence-electron chi connectivity index (χ0n) is 27.2. The standard InChI is InChI=1S/C38H41Cl2N3O4S/c1-27-17-21-33(22-18-27)48(46,47)43(35-24-31(39)20-19-28(35)2)26-37(44)42(25-30-13-9-10-16-34(30)40)36(23-29-11-5-3-6-12-29)38(45)41-32-14-7-4-8-15-32/h3,5-6,9-13,16-22,24,32,36H,4,7-8,14-15,23,25-26H2,1-2H3,(H,41,45)/t36-/m0/s1. The van der Waals surface area contributed by atoms with Gasteiger partial charge in [0, 0.05) is 29.1 Å². The topological polar surface area (TPSA) is 86.8 Å². The van der Waals surface area contributed by atoms with E-state index in [1.165, 1.54) is 17.0 Å². The second-order valence-corrected chi connectivity index (χ2v) is 15.1. The molecule has 0 aliphatic heterocycles. The number of rotatable bonds is 12. The minimum Gasteiger partial charge on any atom is -0.352 e. The number of hydrogen-bond donors (Lipinski definition) is 1. The molecule has 252 valence electrons. The molecular weight excluding hydrogens is 665 g/mol. The van der Waals surface area contributed by atoms with Crippen LogP contribution in [0.2, 0.25) is 10.0 Å². The summed E-state index contributed by atoms with van der Waals surface area (Å²) in [6.45, 7) is 3.08. The van der Waals surface area contributed by atoms with Crippen LogP contribution >= 0.6 is 23.2 Å². The Hall–Kier alpha value is -3.85. The number of benzene rings is 4. The summed E-state index contributed by atoms with van der Waals surface area (Å²) in [5, 5.41) is 3.99. The van der Waals surface area contributed by atoms with E-state index in [9.17, 15) is 18.0 Å². The minimum absolute atomic E-state index is 0.00103. The molecule has 1 atom stereocenters. The molecule has 5 rings (SSSR count). The zero-order valence-corrected chi connectivity index (χ0v) is 29.6. The molecule has 4 aromatic carbocycles. The fourth-order valence-corrected chi connectivity index (χ4v) is 7.94. The van der Waals surface area contributed by atoms with Crippen LogP contribution in [0, 0.1) is 13.8 Å². The number of amides is 2. The fraction of sp³-hybridized carbons (Fsp3) is 0.316. The van der Waals surface area contributed by atoms with Gasteiger partial charge in [-0.05, 0) is 73.7 Å². The third kappa shape index (κ3) is 8.78. The highest BCUT2D eigenvalue weighted by Crippen LogP contribution is 2.31. The first kappa shape index (κ1) is 35.5. The van der Waals surface area contributed by atoms with Crippen molar-refractivity contribution < 1.29 is 18.0 Å². The second kappa shape index (κ2) is 16.0. The summed E-state index contributed by atoms with van der Waals surface area (Å²) in [6.07, 6.45) is 5.17. The van der Waals surface area contributed by atoms with Gasteiger partial charge in [0.2, 0.25) is 11.8 Å². The lowest BCUT2D eigenvalue weighted by molar-refractivity contribution is -0.140. The Kier molecular flexibility index (Phi) is 11.8. The Labute approximate surface area is 293 Å². The van der Waals surface area contributed by atoms with E-state index in [0.29, 0.717) is 21.2 Å². The highest BCUT2D eigenvalue weighted by molar-refractivity contribution is 7.92. The summed E-state index contributed by atoms with van der Waals surface area (Å²) < 4.78 is 29.8. The Morgan fingerprint density at radius 3 is 2.21 bits per heavy atom. The third-order valence-corrected chi connectivity index (χ3v) is 11.2. The number of anilines is 1. The van der Waals surface area contributed by atoms with Crippen molar-refractivity contribution in [2.24, 2.45) is 0 Å². The maximum absolute atomic E-state index is 14.8. The zero-order chi connectivity index (χ0) is 34.3. The molecule has 0 spiro atoms. The van der Waals surface area contributed by atoms with Gasteiger partial charge in [-0.15, -0.1) is 0 Å². The van der Waals surface area contributed by atoms with Crippen LogP contribution in [0.4, 0.5) is 5.69 Å². The maximum Gasteiger partial charge on any atom is 0.264 e. The quantitative estimate of drug-likeness (QED) is 0.162. The van der Waals surface area contributed by atoms with Crippen LogP contribution in [0.25, 0.3) is 0 Å². The van der Waals surface area contributed by atoms with Gasteiger partial charge in [0.1, 0.15) is 12.6 Å². The Bertz CT molecular complexity index is 1830. The molecule has 1 N–H and O–H groups in total. The molecule has 0 radical (unpaired) electrons. The lowest BCUT2D eigenvalue weighted by Gasteiger charge is -2.35. The number of nitrogens with one attached hydrogen (secondary N) is 1. The molecule has 4 aromatic rings. The molecule has 10 heteroatoms. The van der Waals surface area contributed by atoms with E-state index in [1.807, 2.05) is 49.4 Å². The first-order chi connectivity index (χ1) is 23.0. The van der Waals surface area contributed by atoms with Gasteiger partial charge in [0.15, 0.2) is 0 Å². The molecule has 0 saturated heterocycles. The van der Waals surface area contributed by atoms with Gasteiger partial charge in [0.05, 0.1) is 10.6 Å². The molecule has 1 fully saturated rings. The summed E-state index contributed by atoms with van der Waals surface area (Å²) in [7, 11) is -4.25. The van der Waals surface area contributed by atoms with E-state index < -0.39 is 28.5 Å². The molecule has 2 amide bonds. The highest BCUT2D eigenvalue weighted by atomic mass is 35.5. The summed E-state index contributed by atoms with van der Waals surface area (Å²) in [6, 6.07) is 27.2. The molecule has 0 unspecified atom stereocenters. The number of halogens is 2. The molecule has 0 aromatic heterocycles. The summed E-state index contributed by atoms with van der Waals surface area (Å²) in [5.74, 6) is -0.831. The minimum atomic E-state index is -4.25. The molecular formula is C38H41Cl2N3O4S. The molecule has 1 saturated carbocycles. The van der Waals surface area contributed by atoms with E-state index in [0.717, 1.165) is 47.5 Å². The molecule has 1 aliphatic carbocycles. The Balaban J connectivity index is 1.59. The van der Waals surface area contributed by atoms with Crippen LogP contribution in [0.3, 0.4) is 0 Å². The van der Waals surface area contributed by atoms with Crippen molar-refractivity contribution in [2.75, 3.05) is 10.8 Å². The van der Waals surface area contributed by atoms with E-state index in [4.69, 9.17) is 23.2 Å². The van der Waals surface area contributed by atoms with Crippen molar-refractivity contribution in [2.45, 2.75) is 75.9 Å². The number of carbonyl (C=O) groups excluding carboxylic acids is 2. The number of sulfonamides is 1. The molecule has 7 nitrogen and oxygen atoms in total. The summed E-state index contributed by atoms with van der Waals surface area (Å²) >= 11 is 13.0. The van der Waals surface area contributed by atoms with Crippen LogP contribution in [0.1, 0.15) is 54.4 Å². The van der Waals surface area contributed by atoms with E-state index in [2.05, 4.69) is 5.32 Å². The van der Waals surface area contributed by atoms with Gasteiger partial charge in [-0.1, -0.05) is 115 Å². The lowest BCUT2D eigenvalue weighted by Crippen LogP contribution is -2.55. The van der Waals surface area contributed by atoms with Gasteiger partial charge in [-0.25, -0.2) is 8.42 Å². The third-order valence-electron chi connectivity index (χ3n) is 8.85. The van der Waals surface area contributed by atoms with Crippen molar-refractivity contribution in [1.29, 1.82) is 0 Å². The number of hydrogen-bond acceptors (Lipinski definition) is 4. The van der Waals surface area contributed by atoms with Crippen LogP contribution in [-0.4, -0.2) is 43.8 Å². The first-order valence-corrected chi connectivity index (χ1v) is 18.5. The summed E-state index contributed by atoms with van der Waals surface area (Å²) in [4.78, 5) is 30.5. The molecule has 0 bridgehead atoms. The van der Waals surface area contributed by atoms with Gasteiger partial charge >= 0.3 is 0 Å². The van der Waals surface area contributed by atoms with Gasteiger partial charge in [-0.2, -0.15) is 0 Å². The largest absolute Gasteiger partial charge is 0.352 e. The Morgan fingerprint density at radius 1 is 0.854 bits per heavy atom. The van der Waals surface area contributed by atoms with Gasteiger partial charge in [-0.3, -0.25) is 13.9 Å². The van der Waals surface area contributed by atoms with Crippen LogP contribution in [0.15, 0.2) is 102 Å². The van der Waals surface area contributed by atoms with Crippen LogP contribution in [0.5, 0.6) is 0 Å². The van der Waals surface area contributed by atoms with Crippen LogP contribution < -0.4 is 9.62 Å². The van der Waals surface area contributed by atoms with Crippen LogP contribution in [-0.2, 0) is 32.6 Å². The predicted octanol–water partition coefficient (Wildman–Crippen LogP) is 7.89. The fourth-order valence-electron chi connectivity index (χ4n) is 6.11. The first-order valence-electron chi connectivity index (χ1n) is 16.3. The molecule has 48 heavy (non-hydrogen) atoms. The highest BCUT2D eigenvalue weighted by Gasteiger charge is 2.36. The van der Waals surface area contributed by atoms with Gasteiger partial charge in [0.25, 0.3) is 10.0 Å². The van der Waals surface area contributed by atoms with Crippen molar-refractivity contribution in [3.8, 4) is 0 Å². The number of carbonyl (C=O) groups is 2. The van der Waals surface area contributed by atoms with E-state index in [-0.39, 0.29) is 35.5 Å². The number of aryl methyl sites for hydroxylation is 2. The smallest absolute Gasteiger partial charge is 0.264 e. The van der Waals surface area contributed by atoms with Crippen molar-refractivity contribution in [1.82, 2.24) is 10.2 Å². The molecule has 0 heterocycles. The second-order valence-electron chi connectivity index (χ2n) is 12.4. The predicted molar refractivity (Wildman–Crippen MR) is 193 cm³/mol. The van der Waals surface area contributed by atoms with E-state index in [1.54, 1.807) is 49.4 Å². The SMILES string of the molecule is Cc1ccc(S(=O)(=O)N(CC(=O)N(Cc2ccccc2Cl)[C@@H](Cc2ccccc2)C(=O)NC2CCCCC2)c2cc(Cl)ccc2C)cc1. The van der Waals surface area contributed by atoms with Gasteiger partial charge < -0.3 is 10.2 Å². The normalized spacial score (nSPS) is 14.2. The number of nitrogens with zero attached hydrogens (tertiary/aromatic N) is 2. The van der Waals surface area contributed by atoms with Crippen molar-refractivity contribution in [3.63, 3.8) is 0 Å². The lowest BCUT2D eigenvalue weighted by atomic mass is 9.94. The average Bonchev–Trinajstić information content (AvgIpc) is 3.08. The maximum atomic E-state index is 14.8. The van der Waals surface area contributed by atoms with E-state index >= 15 is 0 Å². The molecule has 1 aliphatic rings.